The van der Waals surface area contributed by atoms with Gasteiger partial charge in [0.05, 0.1) is 0 Å². The summed E-state index contributed by atoms with van der Waals surface area (Å²) < 4.78 is 25.9. The van der Waals surface area contributed by atoms with Gasteiger partial charge in [-0.1, -0.05) is 25.8 Å². The predicted molar refractivity (Wildman–Crippen MR) is 73.9 cm³/mol. The highest BCUT2D eigenvalue weighted by molar-refractivity contribution is 5.17. The van der Waals surface area contributed by atoms with Gasteiger partial charge in [-0.2, -0.15) is 0 Å². The molecule has 1 aromatic rings. The average molecular weight is 267 g/mol. The molecular formula is C16H23F2N. The maximum atomic E-state index is 13.1. The third-order valence-corrected chi connectivity index (χ3v) is 4.12. The van der Waals surface area contributed by atoms with Crippen LogP contribution in [0.1, 0.15) is 51.0 Å². The van der Waals surface area contributed by atoms with E-state index in [0.29, 0.717) is 12.6 Å². The highest BCUT2D eigenvalue weighted by Gasteiger charge is 2.19. The van der Waals surface area contributed by atoms with E-state index in [-0.39, 0.29) is 0 Å². The molecule has 1 N–H and O–H groups in total. The lowest BCUT2D eigenvalue weighted by Gasteiger charge is -2.29. The van der Waals surface area contributed by atoms with Crippen molar-refractivity contribution < 1.29 is 8.78 Å². The van der Waals surface area contributed by atoms with Gasteiger partial charge in [0, 0.05) is 12.6 Å². The number of benzene rings is 1. The molecule has 0 amide bonds. The first kappa shape index (κ1) is 14.4. The number of halogens is 2. The Balaban J connectivity index is 1.75. The lowest BCUT2D eigenvalue weighted by atomic mass is 9.83. The zero-order valence-corrected chi connectivity index (χ0v) is 11.6. The summed E-state index contributed by atoms with van der Waals surface area (Å²) in [6.45, 7) is 2.87. The summed E-state index contributed by atoms with van der Waals surface area (Å²) >= 11 is 0. The van der Waals surface area contributed by atoms with Crippen LogP contribution in [0.15, 0.2) is 18.2 Å². The smallest absolute Gasteiger partial charge is 0.159 e. The second-order valence-electron chi connectivity index (χ2n) is 5.64. The van der Waals surface area contributed by atoms with Crippen LogP contribution in [-0.2, 0) is 6.54 Å². The van der Waals surface area contributed by atoms with Crippen molar-refractivity contribution in [2.24, 2.45) is 5.92 Å². The molecule has 0 aromatic heterocycles. The van der Waals surface area contributed by atoms with E-state index in [9.17, 15) is 8.78 Å². The summed E-state index contributed by atoms with van der Waals surface area (Å²) in [7, 11) is 0. The molecule has 0 bridgehead atoms. The van der Waals surface area contributed by atoms with E-state index < -0.39 is 11.6 Å². The Labute approximate surface area is 114 Å². The number of nitrogens with one attached hydrogen (secondary N) is 1. The molecule has 0 saturated heterocycles. The van der Waals surface area contributed by atoms with E-state index in [1.165, 1.54) is 50.7 Å². The van der Waals surface area contributed by atoms with Crippen molar-refractivity contribution in [3.63, 3.8) is 0 Å². The minimum Gasteiger partial charge on any atom is -0.310 e. The molecule has 0 radical (unpaired) electrons. The number of rotatable bonds is 5. The molecule has 0 heterocycles. The van der Waals surface area contributed by atoms with Crippen LogP contribution in [-0.4, -0.2) is 6.04 Å². The maximum absolute atomic E-state index is 13.1. The van der Waals surface area contributed by atoms with Crippen molar-refractivity contribution in [3.05, 3.63) is 35.4 Å². The molecule has 3 heteroatoms. The quantitative estimate of drug-likeness (QED) is 0.833. The summed E-state index contributed by atoms with van der Waals surface area (Å²) in [6, 6.07) is 4.66. The predicted octanol–water partition coefficient (Wildman–Crippen LogP) is 4.41. The van der Waals surface area contributed by atoms with E-state index in [2.05, 4.69) is 12.2 Å². The molecule has 0 aliphatic heterocycles. The Bertz CT molecular complexity index is 398. The van der Waals surface area contributed by atoms with Gasteiger partial charge in [-0.3, -0.25) is 0 Å². The van der Waals surface area contributed by atoms with Crippen LogP contribution in [0.4, 0.5) is 8.78 Å². The number of hydrogen-bond acceptors (Lipinski definition) is 1. The molecule has 0 unspecified atom stereocenters. The number of hydrogen-bond donors (Lipinski definition) is 1. The van der Waals surface area contributed by atoms with Crippen molar-refractivity contribution in [2.45, 2.75) is 58.0 Å². The molecule has 0 atom stereocenters. The fraction of sp³-hybridized carbons (Fsp3) is 0.625. The van der Waals surface area contributed by atoms with Gasteiger partial charge >= 0.3 is 0 Å². The minimum absolute atomic E-state index is 0.529. The van der Waals surface area contributed by atoms with E-state index in [1.807, 2.05) is 0 Å². The summed E-state index contributed by atoms with van der Waals surface area (Å²) in [5, 5.41) is 3.46. The molecule has 106 valence electrons. The molecule has 0 spiro atoms. The van der Waals surface area contributed by atoms with Gasteiger partial charge in [-0.15, -0.1) is 0 Å². The van der Waals surface area contributed by atoms with Crippen molar-refractivity contribution in [1.82, 2.24) is 5.32 Å². The molecule has 2 rings (SSSR count). The van der Waals surface area contributed by atoms with Crippen molar-refractivity contribution in [1.29, 1.82) is 0 Å². The first-order valence-electron chi connectivity index (χ1n) is 7.36. The summed E-state index contributed by atoms with van der Waals surface area (Å²) in [5.41, 5.74) is 0.814. The van der Waals surface area contributed by atoms with Gasteiger partial charge in [-0.05, 0) is 49.3 Å². The van der Waals surface area contributed by atoms with Gasteiger partial charge in [0.15, 0.2) is 11.6 Å². The minimum atomic E-state index is -0.774. The second-order valence-corrected chi connectivity index (χ2v) is 5.64. The Morgan fingerprint density at radius 1 is 1.11 bits per heavy atom. The van der Waals surface area contributed by atoms with Crippen molar-refractivity contribution in [2.75, 3.05) is 0 Å². The average Bonchev–Trinajstić information content (AvgIpc) is 2.42. The van der Waals surface area contributed by atoms with E-state index in [0.717, 1.165) is 11.5 Å². The topological polar surface area (TPSA) is 12.0 Å². The zero-order valence-electron chi connectivity index (χ0n) is 11.6. The third kappa shape index (κ3) is 4.27. The molecule has 19 heavy (non-hydrogen) atoms. The Morgan fingerprint density at radius 3 is 2.47 bits per heavy atom. The monoisotopic (exact) mass is 267 g/mol. The lowest BCUT2D eigenvalue weighted by Crippen LogP contribution is -2.32. The fourth-order valence-corrected chi connectivity index (χ4v) is 2.98. The van der Waals surface area contributed by atoms with E-state index in [4.69, 9.17) is 0 Å². The molecule has 1 aliphatic rings. The maximum Gasteiger partial charge on any atom is 0.159 e. The standard InChI is InChI=1S/C16H23F2N/c1-2-3-12-4-7-14(8-5-12)19-11-13-6-9-15(17)16(18)10-13/h6,9-10,12,14,19H,2-5,7-8,11H2,1H3. The van der Waals surface area contributed by atoms with E-state index >= 15 is 0 Å². The molecule has 1 nitrogen and oxygen atoms in total. The molecule has 1 saturated carbocycles. The van der Waals surface area contributed by atoms with Gasteiger partial charge in [0.25, 0.3) is 0 Å². The van der Waals surface area contributed by atoms with Crippen LogP contribution in [0.3, 0.4) is 0 Å². The van der Waals surface area contributed by atoms with Crippen LogP contribution < -0.4 is 5.32 Å². The van der Waals surface area contributed by atoms with Crippen LogP contribution >= 0.6 is 0 Å². The fourth-order valence-electron chi connectivity index (χ4n) is 2.98. The largest absolute Gasteiger partial charge is 0.310 e. The first-order chi connectivity index (χ1) is 9.19. The molecular weight excluding hydrogens is 244 g/mol. The van der Waals surface area contributed by atoms with Gasteiger partial charge in [0.1, 0.15) is 0 Å². The highest BCUT2D eigenvalue weighted by Crippen LogP contribution is 2.27. The summed E-state index contributed by atoms with van der Waals surface area (Å²) in [6.07, 6.45) is 7.61. The van der Waals surface area contributed by atoms with Crippen molar-refractivity contribution in [3.8, 4) is 0 Å². The Hall–Kier alpha value is -0.960. The Kier molecular flexibility index (Phi) is 5.32. The Morgan fingerprint density at radius 2 is 1.84 bits per heavy atom. The van der Waals surface area contributed by atoms with Gasteiger partial charge < -0.3 is 5.32 Å². The molecule has 1 aliphatic carbocycles. The van der Waals surface area contributed by atoms with E-state index in [1.54, 1.807) is 6.07 Å². The van der Waals surface area contributed by atoms with Crippen LogP contribution in [0.25, 0.3) is 0 Å². The normalized spacial score (nSPS) is 23.5. The second kappa shape index (κ2) is 6.99. The van der Waals surface area contributed by atoms with Crippen LogP contribution in [0.5, 0.6) is 0 Å². The van der Waals surface area contributed by atoms with Crippen molar-refractivity contribution >= 4 is 0 Å². The van der Waals surface area contributed by atoms with Crippen LogP contribution in [0, 0.1) is 17.6 Å². The molecule has 1 aromatic carbocycles. The SMILES string of the molecule is CCCC1CCC(NCc2ccc(F)c(F)c2)CC1. The van der Waals surface area contributed by atoms with Gasteiger partial charge in [-0.25, -0.2) is 8.78 Å². The summed E-state index contributed by atoms with van der Waals surface area (Å²) in [5.74, 6) is -0.638. The molecule has 1 fully saturated rings. The van der Waals surface area contributed by atoms with Gasteiger partial charge in [0.2, 0.25) is 0 Å². The van der Waals surface area contributed by atoms with Crippen LogP contribution in [0.2, 0.25) is 0 Å². The summed E-state index contributed by atoms with van der Waals surface area (Å²) in [4.78, 5) is 0. The third-order valence-electron chi connectivity index (χ3n) is 4.12. The first-order valence-corrected chi connectivity index (χ1v) is 7.36. The lowest BCUT2D eigenvalue weighted by molar-refractivity contribution is 0.277. The highest BCUT2D eigenvalue weighted by atomic mass is 19.2. The zero-order chi connectivity index (χ0) is 13.7.